The van der Waals surface area contributed by atoms with Crippen LogP contribution in [0.25, 0.3) is 0 Å². The van der Waals surface area contributed by atoms with Crippen LogP contribution < -0.4 is 5.32 Å². The van der Waals surface area contributed by atoms with E-state index in [4.69, 9.17) is 0 Å². The van der Waals surface area contributed by atoms with Gasteiger partial charge in [0.25, 0.3) is 0 Å². The molecule has 0 bridgehead atoms. The van der Waals surface area contributed by atoms with Crippen LogP contribution in [0.15, 0.2) is 11.5 Å². The maximum Gasteiger partial charge on any atom is 0.471 e. The van der Waals surface area contributed by atoms with E-state index >= 15 is 0 Å². The van der Waals surface area contributed by atoms with Crippen molar-refractivity contribution >= 4 is 23.6 Å². The van der Waals surface area contributed by atoms with Crippen molar-refractivity contribution in [3.8, 4) is 0 Å². The van der Waals surface area contributed by atoms with E-state index in [-0.39, 0.29) is 0 Å². The number of hydrogen-bond donors (Lipinski definition) is 1. The molecule has 0 aromatic rings. The van der Waals surface area contributed by atoms with E-state index < -0.39 is 29.3 Å². The zero-order chi connectivity index (χ0) is 12.3. The average Bonchev–Trinajstić information content (AvgIpc) is 2.63. The molecule has 0 saturated heterocycles. The van der Waals surface area contributed by atoms with Gasteiger partial charge in [-0.15, -0.1) is 11.8 Å². The highest BCUT2D eigenvalue weighted by Gasteiger charge is 2.42. The quantitative estimate of drug-likeness (QED) is 0.743. The number of alkyl halides is 3. The summed E-state index contributed by atoms with van der Waals surface area (Å²) in [6.07, 6.45) is -3.64. The number of ether oxygens (including phenoxy) is 1. The van der Waals surface area contributed by atoms with E-state index in [1.54, 1.807) is 5.32 Å². The summed E-state index contributed by atoms with van der Waals surface area (Å²) in [5.74, 6) is -2.75. The molecule has 1 aliphatic rings. The predicted octanol–water partition coefficient (Wildman–Crippen LogP) is 0.836. The molecule has 1 heterocycles. The van der Waals surface area contributed by atoms with Gasteiger partial charge in [-0.3, -0.25) is 9.59 Å². The smallest absolute Gasteiger partial charge is 0.468 e. The van der Waals surface area contributed by atoms with Crippen molar-refractivity contribution in [2.75, 3.05) is 7.11 Å². The lowest BCUT2D eigenvalue weighted by Gasteiger charge is -2.18. The fourth-order valence-corrected chi connectivity index (χ4v) is 2.04. The third-order valence-corrected chi connectivity index (χ3v) is 2.92. The van der Waals surface area contributed by atoms with Crippen LogP contribution in [0.5, 0.6) is 0 Å². The summed E-state index contributed by atoms with van der Waals surface area (Å²) in [7, 11) is 1.13. The molecular weight excluding hydrogens is 247 g/mol. The zero-order valence-corrected chi connectivity index (χ0v) is 8.89. The highest BCUT2D eigenvalue weighted by atomic mass is 32.2. The van der Waals surface area contributed by atoms with Gasteiger partial charge in [-0.05, 0) is 5.41 Å². The number of nitrogens with one attached hydrogen (secondary N) is 1. The molecule has 1 amide bonds. The highest BCUT2D eigenvalue weighted by Crippen LogP contribution is 2.26. The van der Waals surface area contributed by atoms with Gasteiger partial charge in [-0.25, -0.2) is 0 Å². The van der Waals surface area contributed by atoms with E-state index in [2.05, 4.69) is 4.74 Å². The van der Waals surface area contributed by atoms with Gasteiger partial charge in [0.05, 0.1) is 13.2 Å². The van der Waals surface area contributed by atoms with Crippen LogP contribution in [0, 0.1) is 0 Å². The lowest BCUT2D eigenvalue weighted by atomic mass is 10.2. The van der Waals surface area contributed by atoms with Gasteiger partial charge >= 0.3 is 18.1 Å². The molecule has 0 spiro atoms. The van der Waals surface area contributed by atoms with E-state index in [9.17, 15) is 22.8 Å². The zero-order valence-electron chi connectivity index (χ0n) is 8.08. The standard InChI is InChI=1S/C8H8F3NO3S/c1-15-6(13)5-4(2-3-16-5)12-7(14)8(9,10)11/h2-5H,1H3,(H,12,14). The molecule has 0 aliphatic carbocycles. The molecule has 2 unspecified atom stereocenters. The van der Waals surface area contributed by atoms with Crippen LogP contribution in [0.2, 0.25) is 0 Å². The third-order valence-electron chi connectivity index (χ3n) is 1.83. The Hall–Kier alpha value is -1.18. The van der Waals surface area contributed by atoms with Crippen molar-refractivity contribution in [3.05, 3.63) is 11.5 Å². The van der Waals surface area contributed by atoms with E-state index in [1.165, 1.54) is 11.5 Å². The van der Waals surface area contributed by atoms with Crippen molar-refractivity contribution in [1.82, 2.24) is 5.32 Å². The van der Waals surface area contributed by atoms with Crippen molar-refractivity contribution < 1.29 is 27.5 Å². The molecule has 1 N–H and O–H groups in total. The van der Waals surface area contributed by atoms with Crippen molar-refractivity contribution in [3.63, 3.8) is 0 Å². The summed E-state index contributed by atoms with van der Waals surface area (Å²) < 4.78 is 40.3. The van der Waals surface area contributed by atoms with Crippen molar-refractivity contribution in [2.24, 2.45) is 0 Å². The largest absolute Gasteiger partial charge is 0.471 e. The Morgan fingerprint density at radius 1 is 1.44 bits per heavy atom. The summed E-state index contributed by atoms with van der Waals surface area (Å²) in [6, 6.07) is -0.994. The Balaban J connectivity index is 2.63. The number of amides is 1. The minimum Gasteiger partial charge on any atom is -0.468 e. The van der Waals surface area contributed by atoms with Crippen LogP contribution in [0.4, 0.5) is 13.2 Å². The summed E-state index contributed by atoms with van der Waals surface area (Å²) >= 11 is 0.999. The molecule has 2 atom stereocenters. The fourth-order valence-electron chi connectivity index (χ4n) is 1.08. The number of carbonyl (C=O) groups is 2. The van der Waals surface area contributed by atoms with Crippen molar-refractivity contribution in [1.29, 1.82) is 0 Å². The van der Waals surface area contributed by atoms with Crippen molar-refractivity contribution in [2.45, 2.75) is 17.5 Å². The first-order valence-electron chi connectivity index (χ1n) is 4.14. The maximum atomic E-state index is 12.0. The second-order valence-corrected chi connectivity index (χ2v) is 3.96. The number of esters is 1. The lowest BCUT2D eigenvalue weighted by Crippen LogP contribution is -2.47. The van der Waals surface area contributed by atoms with Gasteiger partial charge in [0.15, 0.2) is 0 Å². The Morgan fingerprint density at radius 2 is 2.06 bits per heavy atom. The number of rotatable bonds is 2. The lowest BCUT2D eigenvalue weighted by molar-refractivity contribution is -0.174. The molecule has 1 aliphatic heterocycles. The van der Waals surface area contributed by atoms with Gasteiger partial charge in [0.1, 0.15) is 5.25 Å². The molecule has 90 valence electrons. The van der Waals surface area contributed by atoms with Crippen LogP contribution in [-0.2, 0) is 14.3 Å². The average molecular weight is 255 g/mol. The maximum absolute atomic E-state index is 12.0. The molecule has 0 aromatic heterocycles. The number of methoxy groups -OCH3 is 1. The fraction of sp³-hybridized carbons (Fsp3) is 0.500. The van der Waals surface area contributed by atoms with Gasteiger partial charge in [-0.1, -0.05) is 6.08 Å². The molecule has 0 radical (unpaired) electrons. The van der Waals surface area contributed by atoms with Crippen LogP contribution >= 0.6 is 11.8 Å². The molecule has 4 nitrogen and oxygen atoms in total. The number of thioether (sulfide) groups is 1. The first-order valence-corrected chi connectivity index (χ1v) is 5.08. The Kier molecular flexibility index (Phi) is 3.84. The second-order valence-electron chi connectivity index (χ2n) is 2.91. The van der Waals surface area contributed by atoms with Crippen LogP contribution in [-0.4, -0.2) is 36.5 Å². The first-order chi connectivity index (χ1) is 7.36. The van der Waals surface area contributed by atoms with Gasteiger partial charge in [-0.2, -0.15) is 13.2 Å². The molecular formula is C8H8F3NO3S. The number of halogens is 3. The summed E-state index contributed by atoms with van der Waals surface area (Å²) in [5, 5.41) is 2.29. The van der Waals surface area contributed by atoms with E-state index in [0.717, 1.165) is 18.9 Å². The summed E-state index contributed by atoms with van der Waals surface area (Å²) in [5.41, 5.74) is 0. The second kappa shape index (κ2) is 4.77. The summed E-state index contributed by atoms with van der Waals surface area (Å²) in [6.45, 7) is 0. The molecule has 0 saturated carbocycles. The normalized spacial score (nSPS) is 24.2. The monoisotopic (exact) mass is 255 g/mol. The Bertz CT molecular complexity index is 329. The summed E-state index contributed by atoms with van der Waals surface area (Å²) in [4.78, 5) is 21.8. The van der Waals surface area contributed by atoms with E-state index in [0.29, 0.717) is 0 Å². The van der Waals surface area contributed by atoms with Crippen LogP contribution in [0.3, 0.4) is 0 Å². The highest BCUT2D eigenvalue weighted by molar-refractivity contribution is 8.03. The predicted molar refractivity (Wildman–Crippen MR) is 50.5 cm³/mol. The first kappa shape index (κ1) is 12.9. The minimum atomic E-state index is -4.96. The Labute approximate surface area is 93.2 Å². The number of hydrogen-bond acceptors (Lipinski definition) is 4. The van der Waals surface area contributed by atoms with E-state index in [1.807, 2.05) is 0 Å². The van der Waals surface area contributed by atoms with Gasteiger partial charge in [0, 0.05) is 0 Å². The van der Waals surface area contributed by atoms with Crippen LogP contribution in [0.1, 0.15) is 0 Å². The molecule has 16 heavy (non-hydrogen) atoms. The molecule has 0 fully saturated rings. The third kappa shape index (κ3) is 2.91. The van der Waals surface area contributed by atoms with Gasteiger partial charge < -0.3 is 10.1 Å². The molecule has 0 aromatic carbocycles. The topological polar surface area (TPSA) is 55.4 Å². The SMILES string of the molecule is COC(=O)C1SC=CC1NC(=O)C(F)(F)F. The van der Waals surface area contributed by atoms with Gasteiger partial charge in [0.2, 0.25) is 0 Å². The molecule has 8 heteroatoms. The minimum absolute atomic E-state index is 0.678. The Morgan fingerprint density at radius 3 is 2.56 bits per heavy atom. The number of carbonyl (C=O) groups excluding carboxylic acids is 2. The molecule has 1 rings (SSSR count).